The molecular formula is C22H35N2O3+. The van der Waals surface area contributed by atoms with Crippen LogP contribution in [-0.2, 0) is 17.8 Å². The zero-order valence-electron chi connectivity index (χ0n) is 17.1. The molecule has 0 saturated heterocycles. The predicted octanol–water partition coefficient (Wildman–Crippen LogP) is 1.98. The summed E-state index contributed by atoms with van der Waals surface area (Å²) in [4.78, 5) is 1.39. The number of aliphatic hydroxyl groups is 1. The van der Waals surface area contributed by atoms with Crippen molar-refractivity contribution < 1.29 is 19.5 Å². The smallest absolute Gasteiger partial charge is 0.126 e. The van der Waals surface area contributed by atoms with E-state index in [1.807, 2.05) is 12.1 Å². The topological polar surface area (TPSA) is 48.1 Å². The van der Waals surface area contributed by atoms with Crippen LogP contribution in [-0.4, -0.2) is 49.7 Å². The van der Waals surface area contributed by atoms with Crippen LogP contribution in [0.3, 0.4) is 0 Å². The van der Waals surface area contributed by atoms with Gasteiger partial charge in [-0.15, -0.1) is 0 Å². The summed E-state index contributed by atoms with van der Waals surface area (Å²) in [5, 5.41) is 10.2. The normalized spacial score (nSPS) is 13.7. The quantitative estimate of drug-likeness (QED) is 0.596. The molecule has 0 bridgehead atoms. The highest BCUT2D eigenvalue weighted by Crippen LogP contribution is 2.14. The number of rotatable bonds is 12. The number of methoxy groups -OCH3 is 2. The molecule has 1 unspecified atom stereocenters. The molecule has 2 rings (SSSR count). The Morgan fingerprint density at radius 3 is 2.67 bits per heavy atom. The third-order valence-corrected chi connectivity index (χ3v) is 4.80. The molecule has 0 amide bonds. The summed E-state index contributed by atoms with van der Waals surface area (Å²) in [6.07, 6.45) is 2.84. The van der Waals surface area contributed by atoms with Gasteiger partial charge in [0, 0.05) is 19.9 Å². The van der Waals surface area contributed by atoms with Crippen LogP contribution in [0.1, 0.15) is 31.5 Å². The van der Waals surface area contributed by atoms with Gasteiger partial charge in [0.25, 0.3) is 0 Å². The van der Waals surface area contributed by atoms with Crippen molar-refractivity contribution in [3.8, 4) is 5.75 Å². The lowest BCUT2D eigenvalue weighted by molar-refractivity contribution is -0.917. The molecule has 1 aromatic heterocycles. The van der Waals surface area contributed by atoms with Crippen LogP contribution in [0, 0.1) is 5.92 Å². The molecule has 1 heterocycles. The molecule has 0 aliphatic rings. The maximum atomic E-state index is 10.2. The van der Waals surface area contributed by atoms with E-state index in [-0.39, 0.29) is 0 Å². The second-order valence-corrected chi connectivity index (χ2v) is 7.65. The number of nitrogens with one attached hydrogen (secondary N) is 1. The minimum atomic E-state index is -0.432. The largest absolute Gasteiger partial charge is 0.497 e. The molecule has 2 atom stereocenters. The molecule has 150 valence electrons. The van der Waals surface area contributed by atoms with Crippen LogP contribution in [0.2, 0.25) is 0 Å². The summed E-state index contributed by atoms with van der Waals surface area (Å²) in [6.45, 7) is 8.33. The summed E-state index contributed by atoms with van der Waals surface area (Å²) in [5.41, 5.74) is 2.50. The van der Waals surface area contributed by atoms with Gasteiger partial charge in [0.2, 0.25) is 0 Å². The Hall–Kier alpha value is -1.82. The average Bonchev–Trinajstić information content (AvgIpc) is 3.06. The lowest BCUT2D eigenvalue weighted by Crippen LogP contribution is -3.12. The van der Waals surface area contributed by atoms with Gasteiger partial charge in [-0.25, -0.2) is 0 Å². The Balaban J connectivity index is 2.07. The molecule has 5 nitrogen and oxygen atoms in total. The number of ether oxygens (including phenoxy) is 2. The van der Waals surface area contributed by atoms with Gasteiger partial charge >= 0.3 is 0 Å². The van der Waals surface area contributed by atoms with Gasteiger partial charge in [0.1, 0.15) is 24.9 Å². The number of hydrogen-bond donors (Lipinski definition) is 2. The molecule has 2 N–H and O–H groups in total. The van der Waals surface area contributed by atoms with Crippen molar-refractivity contribution in [1.82, 2.24) is 4.57 Å². The molecule has 5 heteroatoms. The Labute approximate surface area is 163 Å². The number of aromatic nitrogens is 1. The molecule has 0 fully saturated rings. The van der Waals surface area contributed by atoms with Gasteiger partial charge in [-0.2, -0.15) is 0 Å². The van der Waals surface area contributed by atoms with Crippen LogP contribution < -0.4 is 9.64 Å². The van der Waals surface area contributed by atoms with E-state index in [0.29, 0.717) is 19.1 Å². The molecule has 2 aromatic rings. The van der Waals surface area contributed by atoms with E-state index in [2.05, 4.69) is 48.9 Å². The number of quaternary nitrogens is 1. The van der Waals surface area contributed by atoms with Crippen LogP contribution in [0.15, 0.2) is 42.6 Å². The van der Waals surface area contributed by atoms with Crippen molar-refractivity contribution in [2.75, 3.05) is 33.9 Å². The van der Waals surface area contributed by atoms with E-state index in [0.717, 1.165) is 31.8 Å². The lowest BCUT2D eigenvalue weighted by atomic mass is 10.1. The zero-order chi connectivity index (χ0) is 19.6. The van der Waals surface area contributed by atoms with Gasteiger partial charge in [-0.3, -0.25) is 0 Å². The minimum Gasteiger partial charge on any atom is -0.497 e. The van der Waals surface area contributed by atoms with E-state index in [1.165, 1.54) is 16.2 Å². The second-order valence-electron chi connectivity index (χ2n) is 7.65. The molecule has 0 radical (unpaired) electrons. The van der Waals surface area contributed by atoms with Crippen molar-refractivity contribution in [1.29, 1.82) is 0 Å². The summed E-state index contributed by atoms with van der Waals surface area (Å²) in [6, 6.07) is 12.5. The SMILES string of the molecule is COC[C@@H](O)C[NH+](CCC(C)C)Cc1cccn1Cc1cccc(OC)c1. The fraction of sp³-hybridized carbons (Fsp3) is 0.545. The van der Waals surface area contributed by atoms with E-state index in [4.69, 9.17) is 9.47 Å². The number of aliphatic hydroxyl groups excluding tert-OH is 1. The van der Waals surface area contributed by atoms with Gasteiger partial charge in [-0.05, 0) is 42.2 Å². The maximum absolute atomic E-state index is 10.2. The minimum absolute atomic E-state index is 0.385. The van der Waals surface area contributed by atoms with Crippen molar-refractivity contribution in [2.45, 2.75) is 39.5 Å². The van der Waals surface area contributed by atoms with Gasteiger partial charge in [-0.1, -0.05) is 26.0 Å². The van der Waals surface area contributed by atoms with E-state index in [9.17, 15) is 5.11 Å². The van der Waals surface area contributed by atoms with Crippen molar-refractivity contribution in [2.24, 2.45) is 5.92 Å². The van der Waals surface area contributed by atoms with E-state index < -0.39 is 6.10 Å². The highest BCUT2D eigenvalue weighted by atomic mass is 16.5. The summed E-state index contributed by atoms with van der Waals surface area (Å²) in [7, 11) is 3.33. The highest BCUT2D eigenvalue weighted by molar-refractivity contribution is 5.29. The van der Waals surface area contributed by atoms with E-state index in [1.54, 1.807) is 14.2 Å². The standard InChI is InChI=1S/C22H34N2O3/c1-18(2)10-12-23(16-21(25)17-26-3)15-20-8-6-11-24(20)14-19-7-5-9-22(13-19)27-4/h5-9,11,13,18,21,25H,10,12,14-17H2,1-4H3/p+1/t21-/m0/s1. The molecule has 27 heavy (non-hydrogen) atoms. The molecule has 0 aliphatic heterocycles. The Morgan fingerprint density at radius 1 is 1.15 bits per heavy atom. The fourth-order valence-electron chi connectivity index (χ4n) is 3.33. The highest BCUT2D eigenvalue weighted by Gasteiger charge is 2.18. The second kappa shape index (κ2) is 11.1. The first kappa shape index (κ1) is 21.5. The van der Waals surface area contributed by atoms with Crippen LogP contribution in [0.4, 0.5) is 0 Å². The summed E-state index contributed by atoms with van der Waals surface area (Å²) in [5.74, 6) is 1.54. The fourth-order valence-corrected chi connectivity index (χ4v) is 3.33. The molecule has 0 saturated carbocycles. The number of hydrogen-bond acceptors (Lipinski definition) is 3. The monoisotopic (exact) mass is 375 g/mol. The first-order valence-electron chi connectivity index (χ1n) is 9.79. The first-order chi connectivity index (χ1) is 13.0. The molecule has 0 aliphatic carbocycles. The molecule has 1 aromatic carbocycles. The van der Waals surface area contributed by atoms with Crippen LogP contribution in [0.25, 0.3) is 0 Å². The third-order valence-electron chi connectivity index (χ3n) is 4.80. The van der Waals surface area contributed by atoms with Crippen molar-refractivity contribution in [3.05, 3.63) is 53.9 Å². The molecular weight excluding hydrogens is 340 g/mol. The maximum Gasteiger partial charge on any atom is 0.126 e. The Kier molecular flexibility index (Phi) is 8.85. The zero-order valence-corrected chi connectivity index (χ0v) is 17.1. The Morgan fingerprint density at radius 2 is 1.96 bits per heavy atom. The predicted molar refractivity (Wildman–Crippen MR) is 108 cm³/mol. The van der Waals surface area contributed by atoms with E-state index >= 15 is 0 Å². The van der Waals surface area contributed by atoms with Gasteiger partial charge in [0.15, 0.2) is 0 Å². The van der Waals surface area contributed by atoms with Crippen molar-refractivity contribution >= 4 is 0 Å². The van der Waals surface area contributed by atoms with Crippen molar-refractivity contribution in [3.63, 3.8) is 0 Å². The van der Waals surface area contributed by atoms with Crippen LogP contribution in [0.5, 0.6) is 5.75 Å². The van der Waals surface area contributed by atoms with Gasteiger partial charge < -0.3 is 24.0 Å². The lowest BCUT2D eigenvalue weighted by Gasteiger charge is -2.23. The average molecular weight is 376 g/mol. The summed E-state index contributed by atoms with van der Waals surface area (Å²) >= 11 is 0. The third kappa shape index (κ3) is 7.37. The number of nitrogens with zero attached hydrogens (tertiary/aromatic N) is 1. The van der Waals surface area contributed by atoms with Gasteiger partial charge in [0.05, 0.1) is 26.0 Å². The Bertz CT molecular complexity index is 669. The first-order valence-corrected chi connectivity index (χ1v) is 9.79. The molecule has 0 spiro atoms. The van der Waals surface area contributed by atoms with Crippen LogP contribution >= 0.6 is 0 Å². The summed E-state index contributed by atoms with van der Waals surface area (Å²) < 4.78 is 12.7. The number of benzene rings is 1.